The highest BCUT2D eigenvalue weighted by atomic mass is 35.5. The molecule has 20 heavy (non-hydrogen) atoms. The van der Waals surface area contributed by atoms with Crippen molar-refractivity contribution in [3.05, 3.63) is 29.8 Å². The Morgan fingerprint density at radius 3 is 2.35 bits per heavy atom. The molecule has 2 rings (SSSR count). The second-order valence-corrected chi connectivity index (χ2v) is 6.30. The molecule has 0 saturated heterocycles. The fraction of sp³-hybridized carbons (Fsp3) is 0.462. The molecule has 0 heterocycles. The number of hydrogen-bond donors (Lipinski definition) is 0. The summed E-state index contributed by atoms with van der Waals surface area (Å²) in [5.41, 5.74) is -0.228. The lowest BCUT2D eigenvalue weighted by Gasteiger charge is -2.12. The van der Waals surface area contributed by atoms with Crippen molar-refractivity contribution in [3.8, 4) is 5.75 Å². The highest BCUT2D eigenvalue weighted by Crippen LogP contribution is 2.64. The molecule has 0 spiro atoms. The number of benzene rings is 1. The van der Waals surface area contributed by atoms with Gasteiger partial charge in [0.05, 0.1) is 0 Å². The van der Waals surface area contributed by atoms with Gasteiger partial charge < -0.3 is 9.47 Å². The zero-order valence-electron chi connectivity index (χ0n) is 10.5. The number of halogens is 4. The Morgan fingerprint density at radius 1 is 1.35 bits per heavy atom. The smallest absolute Gasteiger partial charge is 0.387 e. The first-order chi connectivity index (χ1) is 9.24. The average Bonchev–Trinajstić information content (AvgIpc) is 2.88. The van der Waals surface area contributed by atoms with E-state index in [4.69, 9.17) is 27.9 Å². The summed E-state index contributed by atoms with van der Waals surface area (Å²) in [7, 11) is 0. The van der Waals surface area contributed by atoms with Gasteiger partial charge in [0, 0.05) is 6.42 Å². The van der Waals surface area contributed by atoms with Crippen LogP contribution in [0, 0.1) is 5.41 Å². The van der Waals surface area contributed by atoms with Crippen molar-refractivity contribution in [3.63, 3.8) is 0 Å². The maximum atomic E-state index is 12.0. The van der Waals surface area contributed by atoms with E-state index in [0.29, 0.717) is 12.0 Å². The van der Waals surface area contributed by atoms with Gasteiger partial charge in [0.15, 0.2) is 0 Å². The summed E-state index contributed by atoms with van der Waals surface area (Å²) < 4.78 is 32.2. The normalized spacial score (nSPS) is 23.5. The molecule has 1 aromatic carbocycles. The van der Waals surface area contributed by atoms with Crippen molar-refractivity contribution in [1.29, 1.82) is 0 Å². The maximum absolute atomic E-state index is 12.0. The van der Waals surface area contributed by atoms with Crippen LogP contribution in [0.25, 0.3) is 0 Å². The topological polar surface area (TPSA) is 35.5 Å². The van der Waals surface area contributed by atoms with E-state index in [1.54, 1.807) is 6.92 Å². The maximum Gasteiger partial charge on any atom is 0.387 e. The van der Waals surface area contributed by atoms with E-state index in [1.165, 1.54) is 24.3 Å². The van der Waals surface area contributed by atoms with Crippen LogP contribution >= 0.6 is 23.2 Å². The van der Waals surface area contributed by atoms with Gasteiger partial charge in [-0.05, 0) is 24.6 Å². The fourth-order valence-corrected chi connectivity index (χ4v) is 2.39. The highest BCUT2D eigenvalue weighted by molar-refractivity contribution is 6.53. The summed E-state index contributed by atoms with van der Waals surface area (Å²) in [6.07, 6.45) is 0.350. The second kappa shape index (κ2) is 5.37. The molecule has 1 aromatic rings. The Balaban J connectivity index is 1.87. The highest BCUT2D eigenvalue weighted by Gasteiger charge is 2.69. The lowest BCUT2D eigenvalue weighted by atomic mass is 10.1. The predicted octanol–water partition coefficient (Wildman–Crippen LogP) is 3.92. The summed E-state index contributed by atoms with van der Waals surface area (Å²) in [6, 6.07) is 5.83. The van der Waals surface area contributed by atoms with E-state index in [0.717, 1.165) is 0 Å². The van der Waals surface area contributed by atoms with Crippen LogP contribution in [-0.4, -0.2) is 16.9 Å². The van der Waals surface area contributed by atoms with Gasteiger partial charge in [-0.25, -0.2) is 0 Å². The van der Waals surface area contributed by atoms with Gasteiger partial charge >= 0.3 is 12.6 Å². The van der Waals surface area contributed by atoms with Crippen molar-refractivity contribution < 1.29 is 23.0 Å². The summed E-state index contributed by atoms with van der Waals surface area (Å²) in [6.45, 7) is -1.21. The van der Waals surface area contributed by atoms with Gasteiger partial charge in [-0.2, -0.15) is 8.78 Å². The van der Waals surface area contributed by atoms with Gasteiger partial charge in [-0.3, -0.25) is 4.79 Å². The summed E-state index contributed by atoms with van der Waals surface area (Å²) in [5, 5.41) is 0. The van der Waals surface area contributed by atoms with Crippen molar-refractivity contribution in [1.82, 2.24) is 0 Å². The van der Waals surface area contributed by atoms with E-state index in [-0.39, 0.29) is 12.4 Å². The van der Waals surface area contributed by atoms with Crippen LogP contribution in [0.3, 0.4) is 0 Å². The third kappa shape index (κ3) is 3.15. The molecule has 0 bridgehead atoms. The fourth-order valence-electron chi connectivity index (χ4n) is 1.70. The largest absolute Gasteiger partial charge is 0.460 e. The number of ether oxygens (including phenoxy) is 2. The number of alkyl halides is 4. The third-order valence-corrected chi connectivity index (χ3v) is 4.33. The number of carbonyl (C=O) groups excluding carboxylic acids is 1. The van der Waals surface area contributed by atoms with E-state index < -0.39 is 22.3 Å². The molecule has 1 aliphatic carbocycles. The minimum absolute atomic E-state index is 0.0211. The Hall–Kier alpha value is -1.07. The quantitative estimate of drug-likeness (QED) is 0.608. The molecule has 1 aliphatic rings. The monoisotopic (exact) mass is 324 g/mol. The van der Waals surface area contributed by atoms with Crippen molar-refractivity contribution in [2.24, 2.45) is 5.41 Å². The molecule has 1 unspecified atom stereocenters. The van der Waals surface area contributed by atoms with Gasteiger partial charge in [0.25, 0.3) is 0 Å². The Kier molecular flexibility index (Phi) is 4.12. The van der Waals surface area contributed by atoms with Crippen LogP contribution in [0.1, 0.15) is 18.9 Å². The van der Waals surface area contributed by atoms with Gasteiger partial charge in [-0.15, -0.1) is 23.2 Å². The van der Waals surface area contributed by atoms with E-state index in [9.17, 15) is 13.6 Å². The van der Waals surface area contributed by atoms with Crippen LogP contribution in [0.4, 0.5) is 8.78 Å². The van der Waals surface area contributed by atoms with E-state index >= 15 is 0 Å². The first-order valence-electron chi connectivity index (χ1n) is 5.83. The number of hydrogen-bond acceptors (Lipinski definition) is 3. The minimum Gasteiger partial charge on any atom is -0.460 e. The third-order valence-electron chi connectivity index (χ3n) is 3.23. The number of carbonyl (C=O) groups is 1. The number of rotatable bonds is 5. The molecule has 0 amide bonds. The first-order valence-corrected chi connectivity index (χ1v) is 6.59. The molecule has 0 aromatic heterocycles. The summed E-state index contributed by atoms with van der Waals surface area (Å²) in [4.78, 5) is 11.8. The molecule has 110 valence electrons. The zero-order chi connectivity index (χ0) is 15.0. The molecule has 0 radical (unpaired) electrons. The molecular formula is C13H12Cl2F2O3. The molecule has 1 atom stereocenters. The summed E-state index contributed by atoms with van der Waals surface area (Å²) in [5.74, 6) is -0.430. The van der Waals surface area contributed by atoms with Crippen molar-refractivity contribution in [2.45, 2.75) is 30.9 Å². The van der Waals surface area contributed by atoms with Crippen LogP contribution in [0.2, 0.25) is 0 Å². The summed E-state index contributed by atoms with van der Waals surface area (Å²) >= 11 is 11.7. The van der Waals surface area contributed by atoms with Gasteiger partial charge in [0.2, 0.25) is 0 Å². The molecule has 0 N–H and O–H groups in total. The zero-order valence-corrected chi connectivity index (χ0v) is 12.0. The van der Waals surface area contributed by atoms with Crippen LogP contribution in [-0.2, 0) is 16.1 Å². The standard InChI is InChI=1S/C13H12Cl2F2O3/c1-12(7-13(12,14)15)10(18)19-6-8-2-4-9(5-3-8)20-11(16)17/h2-5,11H,6-7H2,1H3. The Morgan fingerprint density at radius 2 is 1.90 bits per heavy atom. The minimum atomic E-state index is -2.87. The molecular weight excluding hydrogens is 313 g/mol. The SMILES string of the molecule is CC1(C(=O)OCc2ccc(OC(F)F)cc2)CC1(Cl)Cl. The lowest BCUT2D eigenvalue weighted by molar-refractivity contribution is -0.150. The predicted molar refractivity (Wildman–Crippen MR) is 70.0 cm³/mol. The van der Waals surface area contributed by atoms with Crippen LogP contribution < -0.4 is 4.74 Å². The van der Waals surface area contributed by atoms with Crippen molar-refractivity contribution >= 4 is 29.2 Å². The number of esters is 1. The molecule has 1 saturated carbocycles. The van der Waals surface area contributed by atoms with Crippen LogP contribution in [0.5, 0.6) is 5.75 Å². The molecule has 1 fully saturated rings. The first kappa shape index (κ1) is 15.3. The second-order valence-electron chi connectivity index (χ2n) is 4.81. The molecule has 7 heteroatoms. The van der Waals surface area contributed by atoms with Gasteiger partial charge in [-0.1, -0.05) is 12.1 Å². The van der Waals surface area contributed by atoms with E-state index in [2.05, 4.69) is 4.74 Å². The molecule has 0 aliphatic heterocycles. The Bertz CT molecular complexity index is 505. The van der Waals surface area contributed by atoms with Gasteiger partial charge in [0.1, 0.15) is 22.1 Å². The van der Waals surface area contributed by atoms with Crippen LogP contribution in [0.15, 0.2) is 24.3 Å². The Labute approximate surface area is 124 Å². The van der Waals surface area contributed by atoms with Crippen molar-refractivity contribution in [2.75, 3.05) is 0 Å². The average molecular weight is 325 g/mol. The lowest BCUT2D eigenvalue weighted by Crippen LogP contribution is -2.21. The van der Waals surface area contributed by atoms with E-state index in [1.807, 2.05) is 0 Å². The molecule has 3 nitrogen and oxygen atoms in total.